The van der Waals surface area contributed by atoms with Gasteiger partial charge in [0.05, 0.1) is 11.6 Å². The molecule has 0 spiro atoms. The second kappa shape index (κ2) is 4.99. The molecule has 2 heteroatoms. The lowest BCUT2D eigenvalue weighted by atomic mass is 9.97. The van der Waals surface area contributed by atoms with Crippen LogP contribution in [0.3, 0.4) is 0 Å². The summed E-state index contributed by atoms with van der Waals surface area (Å²) in [5.74, 6) is 0.0251. The first-order chi connectivity index (χ1) is 7.63. The number of hydrogen-bond acceptors (Lipinski definition) is 2. The maximum atomic E-state index is 9.66. The molecule has 0 aliphatic carbocycles. The standard InChI is InChI=1S/C14H13NO/c1-4-12(14(16)5-2)13-8-10(3)6-7-11(13)9-15/h4-8,16H,1-2H2,3H3/b14-12-. The second-order valence-corrected chi connectivity index (χ2v) is 3.37. The SMILES string of the molecule is C=C/C(O)=C(\C=C)c1cc(C)ccc1C#N. The third-order valence-corrected chi connectivity index (χ3v) is 2.26. The van der Waals surface area contributed by atoms with Crippen LogP contribution in [0.5, 0.6) is 0 Å². The summed E-state index contributed by atoms with van der Waals surface area (Å²) in [6.07, 6.45) is 2.85. The lowest BCUT2D eigenvalue weighted by Gasteiger charge is -2.07. The Hall–Kier alpha value is -2.27. The Kier molecular flexibility index (Phi) is 3.68. The lowest BCUT2D eigenvalue weighted by Crippen LogP contribution is -1.92. The van der Waals surface area contributed by atoms with Gasteiger partial charge in [-0.25, -0.2) is 0 Å². The minimum Gasteiger partial charge on any atom is -0.507 e. The van der Waals surface area contributed by atoms with Crippen molar-refractivity contribution in [1.29, 1.82) is 5.26 Å². The van der Waals surface area contributed by atoms with Crippen molar-refractivity contribution in [1.82, 2.24) is 0 Å². The van der Waals surface area contributed by atoms with Crippen molar-refractivity contribution in [2.24, 2.45) is 0 Å². The van der Waals surface area contributed by atoms with Crippen LogP contribution < -0.4 is 0 Å². The summed E-state index contributed by atoms with van der Waals surface area (Å²) in [5, 5.41) is 18.7. The highest BCUT2D eigenvalue weighted by Gasteiger charge is 2.08. The largest absolute Gasteiger partial charge is 0.507 e. The molecule has 1 aromatic carbocycles. The monoisotopic (exact) mass is 211 g/mol. The van der Waals surface area contributed by atoms with Gasteiger partial charge < -0.3 is 5.11 Å². The molecule has 2 nitrogen and oxygen atoms in total. The first-order valence-corrected chi connectivity index (χ1v) is 4.83. The molecular weight excluding hydrogens is 198 g/mol. The third kappa shape index (κ3) is 2.21. The molecule has 0 atom stereocenters. The number of rotatable bonds is 3. The quantitative estimate of drug-likeness (QED) is 0.614. The van der Waals surface area contributed by atoms with Crippen molar-refractivity contribution < 1.29 is 5.11 Å². The Labute approximate surface area is 95.5 Å². The zero-order valence-electron chi connectivity index (χ0n) is 9.20. The van der Waals surface area contributed by atoms with E-state index in [1.807, 2.05) is 19.1 Å². The van der Waals surface area contributed by atoms with E-state index in [9.17, 15) is 5.11 Å². The van der Waals surface area contributed by atoms with Crippen LogP contribution in [0.25, 0.3) is 5.57 Å². The molecule has 0 saturated carbocycles. The molecule has 1 aromatic rings. The fourth-order valence-corrected chi connectivity index (χ4v) is 1.44. The number of aliphatic hydroxyl groups is 1. The second-order valence-electron chi connectivity index (χ2n) is 3.37. The summed E-state index contributed by atoms with van der Waals surface area (Å²) in [5.41, 5.74) is 2.73. The van der Waals surface area contributed by atoms with Gasteiger partial charge in [-0.15, -0.1) is 0 Å². The normalized spacial score (nSPS) is 11.2. The minimum absolute atomic E-state index is 0.0251. The van der Waals surface area contributed by atoms with E-state index in [-0.39, 0.29) is 5.76 Å². The van der Waals surface area contributed by atoms with Crippen LogP contribution in [0, 0.1) is 18.3 Å². The van der Waals surface area contributed by atoms with E-state index in [0.717, 1.165) is 5.56 Å². The molecule has 0 bridgehead atoms. The van der Waals surface area contributed by atoms with E-state index in [2.05, 4.69) is 19.2 Å². The Morgan fingerprint density at radius 1 is 1.38 bits per heavy atom. The number of aliphatic hydroxyl groups excluding tert-OH is 1. The van der Waals surface area contributed by atoms with Gasteiger partial charge >= 0.3 is 0 Å². The van der Waals surface area contributed by atoms with Crippen LogP contribution in [-0.2, 0) is 0 Å². The van der Waals surface area contributed by atoms with Crippen molar-refractivity contribution in [2.75, 3.05) is 0 Å². The topological polar surface area (TPSA) is 44.0 Å². The summed E-state index contributed by atoms with van der Waals surface area (Å²) < 4.78 is 0. The van der Waals surface area contributed by atoms with Gasteiger partial charge in [-0.05, 0) is 25.1 Å². The van der Waals surface area contributed by atoms with E-state index in [1.165, 1.54) is 12.2 Å². The highest BCUT2D eigenvalue weighted by Crippen LogP contribution is 2.24. The summed E-state index contributed by atoms with van der Waals surface area (Å²) >= 11 is 0. The fraction of sp³-hybridized carbons (Fsp3) is 0.0714. The van der Waals surface area contributed by atoms with Crippen molar-refractivity contribution in [3.05, 3.63) is 66.0 Å². The highest BCUT2D eigenvalue weighted by atomic mass is 16.3. The number of allylic oxidation sites excluding steroid dienone is 3. The Bertz CT molecular complexity index is 504. The highest BCUT2D eigenvalue weighted by molar-refractivity contribution is 5.80. The first-order valence-electron chi connectivity index (χ1n) is 4.83. The van der Waals surface area contributed by atoms with Crippen molar-refractivity contribution >= 4 is 5.57 Å². The summed E-state index contributed by atoms with van der Waals surface area (Å²) in [6.45, 7) is 9.06. The van der Waals surface area contributed by atoms with Crippen LogP contribution in [0.15, 0.2) is 49.3 Å². The van der Waals surface area contributed by atoms with Gasteiger partial charge in [-0.1, -0.05) is 30.9 Å². The lowest BCUT2D eigenvalue weighted by molar-refractivity contribution is 0.436. The minimum atomic E-state index is 0.0251. The fourth-order valence-electron chi connectivity index (χ4n) is 1.44. The van der Waals surface area contributed by atoms with E-state index in [1.54, 1.807) is 6.07 Å². The number of nitrogens with zero attached hydrogens (tertiary/aromatic N) is 1. The maximum absolute atomic E-state index is 9.66. The average molecular weight is 211 g/mol. The first kappa shape index (κ1) is 11.8. The number of hydrogen-bond donors (Lipinski definition) is 1. The van der Waals surface area contributed by atoms with Crippen molar-refractivity contribution in [2.45, 2.75) is 6.92 Å². The predicted octanol–water partition coefficient (Wildman–Crippen LogP) is 3.51. The number of nitriles is 1. The predicted molar refractivity (Wildman–Crippen MR) is 65.8 cm³/mol. The number of benzene rings is 1. The summed E-state index contributed by atoms with van der Waals surface area (Å²) in [4.78, 5) is 0. The molecule has 0 radical (unpaired) electrons. The summed E-state index contributed by atoms with van der Waals surface area (Å²) in [6, 6.07) is 7.51. The van der Waals surface area contributed by atoms with Crippen LogP contribution in [-0.4, -0.2) is 5.11 Å². The number of aryl methyl sites for hydroxylation is 1. The molecule has 1 N–H and O–H groups in total. The average Bonchev–Trinajstić information content (AvgIpc) is 2.30. The van der Waals surface area contributed by atoms with E-state index in [4.69, 9.17) is 5.26 Å². The Morgan fingerprint density at radius 3 is 2.56 bits per heavy atom. The Balaban J connectivity index is 3.53. The molecule has 80 valence electrons. The van der Waals surface area contributed by atoms with Gasteiger partial charge in [0.2, 0.25) is 0 Å². The zero-order valence-corrected chi connectivity index (χ0v) is 9.20. The van der Waals surface area contributed by atoms with Crippen molar-refractivity contribution in [3.63, 3.8) is 0 Å². The van der Waals surface area contributed by atoms with Crippen LogP contribution >= 0.6 is 0 Å². The molecule has 0 heterocycles. The van der Waals surface area contributed by atoms with Gasteiger partial charge in [0.1, 0.15) is 5.76 Å². The summed E-state index contributed by atoms with van der Waals surface area (Å²) in [7, 11) is 0. The maximum Gasteiger partial charge on any atom is 0.122 e. The molecule has 0 aliphatic rings. The Morgan fingerprint density at radius 2 is 2.06 bits per heavy atom. The van der Waals surface area contributed by atoms with Gasteiger partial charge in [0.15, 0.2) is 0 Å². The van der Waals surface area contributed by atoms with Crippen molar-refractivity contribution in [3.8, 4) is 6.07 Å². The van der Waals surface area contributed by atoms with Gasteiger partial charge in [-0.2, -0.15) is 5.26 Å². The zero-order chi connectivity index (χ0) is 12.1. The molecule has 0 unspecified atom stereocenters. The van der Waals surface area contributed by atoms with E-state index < -0.39 is 0 Å². The van der Waals surface area contributed by atoms with E-state index in [0.29, 0.717) is 16.7 Å². The molecular formula is C14H13NO. The smallest absolute Gasteiger partial charge is 0.122 e. The van der Waals surface area contributed by atoms with Crippen LogP contribution in [0.1, 0.15) is 16.7 Å². The molecule has 0 aromatic heterocycles. The molecule has 1 rings (SSSR count). The van der Waals surface area contributed by atoms with Crippen LogP contribution in [0.2, 0.25) is 0 Å². The molecule has 0 saturated heterocycles. The third-order valence-electron chi connectivity index (χ3n) is 2.26. The molecule has 16 heavy (non-hydrogen) atoms. The van der Waals surface area contributed by atoms with Gasteiger partial charge in [0, 0.05) is 11.1 Å². The van der Waals surface area contributed by atoms with E-state index >= 15 is 0 Å². The molecule has 0 amide bonds. The van der Waals surface area contributed by atoms with Crippen LogP contribution in [0.4, 0.5) is 0 Å². The molecule has 0 fully saturated rings. The van der Waals surface area contributed by atoms with Gasteiger partial charge in [-0.3, -0.25) is 0 Å². The van der Waals surface area contributed by atoms with Gasteiger partial charge in [0.25, 0.3) is 0 Å². The molecule has 0 aliphatic heterocycles.